The normalized spacial score (nSPS) is 16.6. The van der Waals surface area contributed by atoms with Gasteiger partial charge in [0.2, 0.25) is 0 Å². The first kappa shape index (κ1) is 11.7. The van der Waals surface area contributed by atoms with Gasteiger partial charge in [0.15, 0.2) is 0 Å². The van der Waals surface area contributed by atoms with Crippen molar-refractivity contribution in [2.45, 2.75) is 31.9 Å². The second kappa shape index (κ2) is 4.71. The van der Waals surface area contributed by atoms with E-state index in [0.29, 0.717) is 6.10 Å². The van der Waals surface area contributed by atoms with Crippen LogP contribution in [-0.4, -0.2) is 11.1 Å². The fraction of sp³-hybridized carbons (Fsp3) is 0.357. The summed E-state index contributed by atoms with van der Waals surface area (Å²) in [6, 6.07) is 7.86. The van der Waals surface area contributed by atoms with Crippen molar-refractivity contribution in [3.63, 3.8) is 0 Å². The van der Waals surface area contributed by atoms with Crippen LogP contribution < -0.4 is 10.5 Å². The van der Waals surface area contributed by atoms with Crippen molar-refractivity contribution in [3.8, 4) is 5.75 Å². The first-order chi connectivity index (χ1) is 8.72. The molecular formula is C14H16N2OS. The molecule has 1 saturated carbocycles. The van der Waals surface area contributed by atoms with Crippen molar-refractivity contribution in [2.75, 3.05) is 0 Å². The van der Waals surface area contributed by atoms with Gasteiger partial charge in [-0.15, -0.1) is 11.3 Å². The van der Waals surface area contributed by atoms with E-state index in [1.54, 1.807) is 11.3 Å². The smallest absolute Gasteiger partial charge is 0.120 e. The lowest BCUT2D eigenvalue weighted by Gasteiger charge is -2.11. The Balaban J connectivity index is 1.81. The van der Waals surface area contributed by atoms with Crippen molar-refractivity contribution < 1.29 is 4.74 Å². The maximum atomic E-state index is 6.23. The Morgan fingerprint density at radius 2 is 2.28 bits per heavy atom. The fourth-order valence-electron chi connectivity index (χ4n) is 1.85. The molecular weight excluding hydrogens is 244 g/mol. The number of aromatic nitrogens is 1. The molecule has 4 heteroatoms. The minimum atomic E-state index is -0.169. The third-order valence-corrected chi connectivity index (χ3v) is 3.79. The van der Waals surface area contributed by atoms with Gasteiger partial charge in [0.1, 0.15) is 5.75 Å². The molecule has 1 atom stereocenters. The Morgan fingerprint density at radius 3 is 2.94 bits per heavy atom. The van der Waals surface area contributed by atoms with Crippen LogP contribution >= 0.6 is 11.3 Å². The molecule has 0 radical (unpaired) electrons. The largest absolute Gasteiger partial charge is 0.490 e. The molecule has 1 aromatic heterocycles. The summed E-state index contributed by atoms with van der Waals surface area (Å²) in [4.78, 5) is 4.44. The summed E-state index contributed by atoms with van der Waals surface area (Å²) in [5.74, 6) is 0.914. The van der Waals surface area contributed by atoms with E-state index in [0.717, 1.165) is 22.0 Å². The third kappa shape index (κ3) is 2.54. The average molecular weight is 260 g/mol. The van der Waals surface area contributed by atoms with E-state index in [2.05, 4.69) is 4.98 Å². The fourth-order valence-corrected chi connectivity index (χ4v) is 2.50. The number of rotatable bonds is 4. The summed E-state index contributed by atoms with van der Waals surface area (Å²) in [7, 11) is 0. The Bertz CT molecular complexity index is 548. The van der Waals surface area contributed by atoms with Gasteiger partial charge >= 0.3 is 0 Å². The van der Waals surface area contributed by atoms with Crippen LogP contribution in [0, 0.1) is 6.92 Å². The number of benzene rings is 1. The van der Waals surface area contributed by atoms with Gasteiger partial charge in [0, 0.05) is 5.38 Å². The number of hydrogen-bond donors (Lipinski definition) is 1. The SMILES string of the molecule is Cc1nc(C(N)c2cccc(OC3CC3)c2)cs1. The predicted octanol–water partition coefficient (Wildman–Crippen LogP) is 3.04. The molecule has 1 fully saturated rings. The van der Waals surface area contributed by atoms with Gasteiger partial charge in [-0.2, -0.15) is 0 Å². The van der Waals surface area contributed by atoms with Crippen LogP contribution in [0.25, 0.3) is 0 Å². The number of nitrogens with two attached hydrogens (primary N) is 1. The number of hydrogen-bond acceptors (Lipinski definition) is 4. The number of ether oxygens (including phenoxy) is 1. The lowest BCUT2D eigenvalue weighted by atomic mass is 10.1. The zero-order chi connectivity index (χ0) is 12.5. The van der Waals surface area contributed by atoms with Gasteiger partial charge < -0.3 is 10.5 Å². The lowest BCUT2D eigenvalue weighted by molar-refractivity contribution is 0.303. The summed E-state index contributed by atoms with van der Waals surface area (Å²) in [5, 5.41) is 3.07. The molecule has 1 aliphatic carbocycles. The zero-order valence-electron chi connectivity index (χ0n) is 10.3. The van der Waals surface area contributed by atoms with Crippen LogP contribution in [0.3, 0.4) is 0 Å². The molecule has 0 saturated heterocycles. The topological polar surface area (TPSA) is 48.1 Å². The molecule has 3 nitrogen and oxygen atoms in total. The average Bonchev–Trinajstić information content (AvgIpc) is 3.08. The van der Waals surface area contributed by atoms with Crippen molar-refractivity contribution in [2.24, 2.45) is 5.73 Å². The van der Waals surface area contributed by atoms with Gasteiger partial charge in [-0.1, -0.05) is 12.1 Å². The maximum absolute atomic E-state index is 6.23. The number of aryl methyl sites for hydroxylation is 1. The monoisotopic (exact) mass is 260 g/mol. The van der Waals surface area contributed by atoms with Crippen LogP contribution in [-0.2, 0) is 0 Å². The highest BCUT2D eigenvalue weighted by Crippen LogP contribution is 2.29. The molecule has 1 unspecified atom stereocenters. The van der Waals surface area contributed by atoms with Gasteiger partial charge in [0.25, 0.3) is 0 Å². The van der Waals surface area contributed by atoms with Crippen LogP contribution in [0.2, 0.25) is 0 Å². The number of thiazole rings is 1. The van der Waals surface area contributed by atoms with E-state index >= 15 is 0 Å². The highest BCUT2D eigenvalue weighted by Gasteiger charge is 2.23. The summed E-state index contributed by atoms with van der Waals surface area (Å²) < 4.78 is 5.78. The lowest BCUT2D eigenvalue weighted by Crippen LogP contribution is -2.12. The first-order valence-corrected chi connectivity index (χ1v) is 7.04. The Kier molecular flexibility index (Phi) is 3.06. The van der Waals surface area contributed by atoms with E-state index in [4.69, 9.17) is 10.5 Å². The molecule has 0 spiro atoms. The highest BCUT2D eigenvalue weighted by atomic mass is 32.1. The molecule has 0 aliphatic heterocycles. The summed E-state index contributed by atoms with van der Waals surface area (Å²) in [6.45, 7) is 1.99. The third-order valence-electron chi connectivity index (χ3n) is 3.00. The van der Waals surface area contributed by atoms with Crippen LogP contribution in [0.4, 0.5) is 0 Å². The quantitative estimate of drug-likeness (QED) is 0.919. The molecule has 18 heavy (non-hydrogen) atoms. The van der Waals surface area contributed by atoms with Gasteiger partial charge in [-0.3, -0.25) is 0 Å². The molecule has 1 heterocycles. The minimum Gasteiger partial charge on any atom is -0.490 e. The van der Waals surface area contributed by atoms with E-state index in [9.17, 15) is 0 Å². The Hall–Kier alpha value is -1.39. The van der Waals surface area contributed by atoms with Crippen molar-refractivity contribution in [3.05, 3.63) is 45.9 Å². The summed E-state index contributed by atoms with van der Waals surface area (Å²) >= 11 is 1.63. The van der Waals surface area contributed by atoms with Crippen molar-refractivity contribution >= 4 is 11.3 Å². The van der Waals surface area contributed by atoms with Crippen LogP contribution in [0.5, 0.6) is 5.75 Å². The van der Waals surface area contributed by atoms with E-state index < -0.39 is 0 Å². The van der Waals surface area contributed by atoms with Crippen molar-refractivity contribution in [1.82, 2.24) is 4.98 Å². The second-order valence-corrected chi connectivity index (χ2v) is 5.72. The first-order valence-electron chi connectivity index (χ1n) is 6.16. The molecule has 1 aliphatic rings. The number of nitrogens with zero attached hydrogens (tertiary/aromatic N) is 1. The molecule has 0 amide bonds. The highest BCUT2D eigenvalue weighted by molar-refractivity contribution is 7.09. The van der Waals surface area contributed by atoms with E-state index in [1.165, 1.54) is 12.8 Å². The molecule has 3 rings (SSSR count). The molecule has 2 N–H and O–H groups in total. The Morgan fingerprint density at radius 1 is 1.44 bits per heavy atom. The van der Waals surface area contributed by atoms with Crippen molar-refractivity contribution in [1.29, 1.82) is 0 Å². The van der Waals surface area contributed by atoms with E-state index in [-0.39, 0.29) is 6.04 Å². The minimum absolute atomic E-state index is 0.169. The maximum Gasteiger partial charge on any atom is 0.120 e. The van der Waals surface area contributed by atoms with Crippen LogP contribution in [0.1, 0.15) is 35.1 Å². The standard InChI is InChI=1S/C14H16N2OS/c1-9-16-13(8-18-9)14(15)10-3-2-4-12(7-10)17-11-5-6-11/h2-4,7-8,11,14H,5-6,15H2,1H3. The zero-order valence-corrected chi connectivity index (χ0v) is 11.1. The van der Waals surface area contributed by atoms with Crippen LogP contribution in [0.15, 0.2) is 29.6 Å². The summed E-state index contributed by atoms with van der Waals surface area (Å²) in [6.07, 6.45) is 2.75. The molecule has 1 aromatic carbocycles. The molecule has 0 bridgehead atoms. The molecule has 94 valence electrons. The van der Waals surface area contributed by atoms with Gasteiger partial charge in [-0.05, 0) is 37.5 Å². The summed E-state index contributed by atoms with van der Waals surface area (Å²) in [5.41, 5.74) is 8.22. The molecule has 2 aromatic rings. The van der Waals surface area contributed by atoms with Gasteiger partial charge in [-0.25, -0.2) is 4.98 Å². The van der Waals surface area contributed by atoms with Gasteiger partial charge in [0.05, 0.1) is 22.8 Å². The second-order valence-electron chi connectivity index (χ2n) is 4.66. The Labute approximate surface area is 111 Å². The van der Waals surface area contributed by atoms with E-state index in [1.807, 2.05) is 36.6 Å². The predicted molar refractivity (Wildman–Crippen MR) is 73.0 cm³/mol.